The Morgan fingerprint density at radius 1 is 1.10 bits per heavy atom. The molecule has 0 aliphatic heterocycles. The summed E-state index contributed by atoms with van der Waals surface area (Å²) in [6, 6.07) is 16.9. The first-order valence-corrected chi connectivity index (χ1v) is 10.6. The Hall–Kier alpha value is -2.59. The van der Waals surface area contributed by atoms with Crippen LogP contribution in [0.25, 0.3) is 10.9 Å². The first kappa shape index (κ1) is 21.1. The summed E-state index contributed by atoms with van der Waals surface area (Å²) in [6.07, 6.45) is 4.51. The lowest BCUT2D eigenvalue weighted by Gasteiger charge is -2.17. The van der Waals surface area contributed by atoms with Gasteiger partial charge in [-0.3, -0.25) is 4.79 Å². The number of nitrogens with one attached hydrogen (secondary N) is 1. The minimum absolute atomic E-state index is 0.0287. The summed E-state index contributed by atoms with van der Waals surface area (Å²) < 4.78 is 7.40. The predicted molar refractivity (Wildman–Crippen MR) is 119 cm³/mol. The van der Waals surface area contributed by atoms with E-state index < -0.39 is 0 Å². The topological polar surface area (TPSA) is 43.3 Å². The third kappa shape index (κ3) is 4.88. The highest BCUT2D eigenvalue weighted by atomic mass is 16.5. The second-order valence-corrected chi connectivity index (χ2v) is 7.40. The summed E-state index contributed by atoms with van der Waals surface area (Å²) in [5.41, 5.74) is 5.06. The molecule has 1 N–H and O–H groups in total. The van der Waals surface area contributed by atoms with Crippen molar-refractivity contribution in [3.63, 3.8) is 0 Å². The number of hydrogen-bond acceptors (Lipinski definition) is 2. The normalized spacial score (nSPS) is 12.2. The van der Waals surface area contributed by atoms with Gasteiger partial charge >= 0.3 is 0 Å². The van der Waals surface area contributed by atoms with E-state index in [9.17, 15) is 4.79 Å². The Labute approximate surface area is 173 Å². The van der Waals surface area contributed by atoms with Crippen molar-refractivity contribution in [1.82, 2.24) is 9.88 Å². The van der Waals surface area contributed by atoms with Gasteiger partial charge in [0.25, 0.3) is 0 Å². The van der Waals surface area contributed by atoms with Crippen LogP contribution >= 0.6 is 0 Å². The van der Waals surface area contributed by atoms with Crippen LogP contribution in [0.1, 0.15) is 49.3 Å². The van der Waals surface area contributed by atoms with Crippen molar-refractivity contribution in [3.8, 4) is 0 Å². The van der Waals surface area contributed by atoms with E-state index in [0.717, 1.165) is 19.4 Å². The highest BCUT2D eigenvalue weighted by Gasteiger charge is 2.23. The molecule has 3 aromatic rings. The standard InChI is InChI=1S/C25H32N2O2/c1-4-19-13-9-14-21-23(18-27(5-2)25(19)21)22(20-11-7-6-8-12-20)17-24(28)26-15-10-16-29-3/h6-9,11-14,18,22H,4-5,10,15-17H2,1-3H3,(H,26,28)/t22-/m1/s1. The molecular formula is C25H32N2O2. The van der Waals surface area contributed by atoms with Crippen LogP contribution in [0.15, 0.2) is 54.7 Å². The molecule has 0 fully saturated rings. The highest BCUT2D eigenvalue weighted by Crippen LogP contribution is 2.36. The average molecular weight is 393 g/mol. The largest absolute Gasteiger partial charge is 0.385 e. The molecule has 0 aliphatic rings. The lowest BCUT2D eigenvalue weighted by atomic mass is 9.87. The fourth-order valence-electron chi connectivity index (χ4n) is 4.07. The van der Waals surface area contributed by atoms with E-state index in [2.05, 4.69) is 72.4 Å². The van der Waals surface area contributed by atoms with Gasteiger partial charge in [-0.15, -0.1) is 0 Å². The zero-order valence-corrected chi connectivity index (χ0v) is 17.8. The smallest absolute Gasteiger partial charge is 0.220 e. The van der Waals surface area contributed by atoms with Gasteiger partial charge in [0.1, 0.15) is 0 Å². The quantitative estimate of drug-likeness (QED) is 0.499. The summed E-state index contributed by atoms with van der Waals surface area (Å²) in [7, 11) is 1.68. The summed E-state index contributed by atoms with van der Waals surface area (Å²) in [6.45, 7) is 6.59. The Morgan fingerprint density at radius 3 is 2.59 bits per heavy atom. The lowest BCUT2D eigenvalue weighted by Crippen LogP contribution is -2.27. The van der Waals surface area contributed by atoms with Crippen LogP contribution in [0.3, 0.4) is 0 Å². The number of methoxy groups -OCH3 is 1. The van der Waals surface area contributed by atoms with Gasteiger partial charge in [-0.2, -0.15) is 0 Å². The monoisotopic (exact) mass is 392 g/mol. The third-order valence-corrected chi connectivity index (χ3v) is 5.55. The van der Waals surface area contributed by atoms with E-state index in [0.29, 0.717) is 19.6 Å². The molecular weight excluding hydrogens is 360 g/mol. The average Bonchev–Trinajstić information content (AvgIpc) is 3.14. The summed E-state index contributed by atoms with van der Waals surface area (Å²) in [5.74, 6) is 0.111. The van der Waals surface area contributed by atoms with Crippen molar-refractivity contribution in [2.24, 2.45) is 0 Å². The van der Waals surface area contributed by atoms with Crippen LogP contribution in [0.2, 0.25) is 0 Å². The highest BCUT2D eigenvalue weighted by molar-refractivity contribution is 5.89. The fraction of sp³-hybridized carbons (Fsp3) is 0.400. The molecule has 0 saturated carbocycles. The van der Waals surface area contributed by atoms with E-state index in [1.807, 2.05) is 6.07 Å². The molecule has 1 amide bonds. The van der Waals surface area contributed by atoms with Crippen LogP contribution in [0.4, 0.5) is 0 Å². The first-order valence-electron chi connectivity index (χ1n) is 10.6. The van der Waals surface area contributed by atoms with Gasteiger partial charge in [-0.25, -0.2) is 0 Å². The van der Waals surface area contributed by atoms with Crippen molar-refractivity contribution in [3.05, 3.63) is 71.4 Å². The number of amides is 1. The number of carbonyl (C=O) groups excluding carboxylic acids is 1. The number of aromatic nitrogens is 1. The van der Waals surface area contributed by atoms with Crippen LogP contribution in [0, 0.1) is 0 Å². The Balaban J connectivity index is 1.98. The van der Waals surface area contributed by atoms with Crippen molar-refractivity contribution in [2.75, 3.05) is 20.3 Å². The van der Waals surface area contributed by atoms with Crippen molar-refractivity contribution >= 4 is 16.8 Å². The minimum atomic E-state index is 0.0287. The fourth-order valence-corrected chi connectivity index (χ4v) is 4.07. The number of ether oxygens (including phenoxy) is 1. The van der Waals surface area contributed by atoms with E-state index in [4.69, 9.17) is 4.74 Å². The molecule has 0 unspecified atom stereocenters. The van der Waals surface area contributed by atoms with E-state index in [1.165, 1.54) is 27.6 Å². The zero-order valence-electron chi connectivity index (χ0n) is 17.8. The minimum Gasteiger partial charge on any atom is -0.385 e. The second-order valence-electron chi connectivity index (χ2n) is 7.40. The SMILES string of the molecule is CCc1cccc2c([C@H](CC(=O)NCCCOC)c3ccccc3)cn(CC)c12. The van der Waals surface area contributed by atoms with Gasteiger partial charge in [0.2, 0.25) is 5.91 Å². The summed E-state index contributed by atoms with van der Waals surface area (Å²) >= 11 is 0. The molecule has 4 heteroatoms. The molecule has 0 radical (unpaired) electrons. The summed E-state index contributed by atoms with van der Waals surface area (Å²) in [5, 5.41) is 4.31. The van der Waals surface area contributed by atoms with Crippen LogP contribution in [-0.4, -0.2) is 30.7 Å². The molecule has 0 bridgehead atoms. The molecule has 3 rings (SSSR count). The van der Waals surface area contributed by atoms with Crippen LogP contribution < -0.4 is 5.32 Å². The molecule has 29 heavy (non-hydrogen) atoms. The zero-order chi connectivity index (χ0) is 20.6. The number of nitrogens with zero attached hydrogens (tertiary/aromatic N) is 1. The second kappa shape index (κ2) is 10.3. The molecule has 4 nitrogen and oxygen atoms in total. The lowest BCUT2D eigenvalue weighted by molar-refractivity contribution is -0.121. The van der Waals surface area contributed by atoms with Crippen molar-refractivity contribution in [1.29, 1.82) is 0 Å². The van der Waals surface area contributed by atoms with Gasteiger partial charge in [0.05, 0.1) is 5.52 Å². The maximum atomic E-state index is 12.7. The number of aryl methyl sites for hydroxylation is 2. The van der Waals surface area contributed by atoms with E-state index in [1.54, 1.807) is 7.11 Å². The van der Waals surface area contributed by atoms with E-state index >= 15 is 0 Å². The number of hydrogen-bond donors (Lipinski definition) is 1. The molecule has 1 heterocycles. The van der Waals surface area contributed by atoms with Crippen LogP contribution in [0.5, 0.6) is 0 Å². The Bertz CT molecular complexity index is 931. The maximum Gasteiger partial charge on any atom is 0.220 e. The Morgan fingerprint density at radius 2 is 1.90 bits per heavy atom. The summed E-state index contributed by atoms with van der Waals surface area (Å²) in [4.78, 5) is 12.7. The number of benzene rings is 2. The number of rotatable bonds is 10. The van der Waals surface area contributed by atoms with Crippen molar-refractivity contribution < 1.29 is 9.53 Å². The van der Waals surface area contributed by atoms with Gasteiger partial charge in [-0.05, 0) is 36.5 Å². The number of para-hydroxylation sites is 1. The third-order valence-electron chi connectivity index (χ3n) is 5.55. The molecule has 0 spiro atoms. The molecule has 1 aromatic heterocycles. The molecule has 154 valence electrons. The molecule has 0 aliphatic carbocycles. The predicted octanol–water partition coefficient (Wildman–Crippen LogP) is 4.90. The first-order chi connectivity index (χ1) is 14.2. The van der Waals surface area contributed by atoms with Gasteiger partial charge in [0, 0.05) is 50.7 Å². The molecule has 0 saturated heterocycles. The van der Waals surface area contributed by atoms with Gasteiger partial charge in [-0.1, -0.05) is 55.5 Å². The maximum absolute atomic E-state index is 12.7. The molecule has 2 aromatic carbocycles. The van der Waals surface area contributed by atoms with Crippen LogP contribution in [-0.2, 0) is 22.5 Å². The van der Waals surface area contributed by atoms with E-state index in [-0.39, 0.29) is 11.8 Å². The number of fused-ring (bicyclic) bond motifs is 1. The van der Waals surface area contributed by atoms with Gasteiger partial charge < -0.3 is 14.6 Å². The van der Waals surface area contributed by atoms with Crippen molar-refractivity contribution in [2.45, 2.75) is 45.6 Å². The molecule has 1 atom stereocenters. The number of carbonyl (C=O) groups is 1. The van der Waals surface area contributed by atoms with Gasteiger partial charge in [0.15, 0.2) is 0 Å². The Kier molecular flexibility index (Phi) is 7.48.